The quantitative estimate of drug-likeness (QED) is 0.657. The molecule has 0 unspecified atom stereocenters. The average molecular weight is 372 g/mol. The van der Waals surface area contributed by atoms with Gasteiger partial charge in [0.05, 0.1) is 18.4 Å². The zero-order chi connectivity index (χ0) is 17.9. The third-order valence-electron chi connectivity index (χ3n) is 4.66. The lowest BCUT2D eigenvalue weighted by Gasteiger charge is -2.27. The van der Waals surface area contributed by atoms with Crippen LogP contribution in [0.2, 0.25) is 5.02 Å². The Morgan fingerprint density at radius 1 is 1.15 bits per heavy atom. The number of furan rings is 1. The van der Waals surface area contributed by atoms with Gasteiger partial charge in [0, 0.05) is 16.6 Å². The van der Waals surface area contributed by atoms with Gasteiger partial charge in [-0.1, -0.05) is 24.4 Å². The van der Waals surface area contributed by atoms with Crippen LogP contribution in [0, 0.1) is 0 Å². The standard InChI is InChI=1S/C19H18ClN3O3/c20-15-7-5-13(6-8-15)18-22-21-17(26-18)11-23(16-3-1-2-4-16)19(24)14-9-10-25-12-14/h5-10,12,16H,1-4,11H2. The van der Waals surface area contributed by atoms with Crippen LogP contribution in [0.5, 0.6) is 0 Å². The van der Waals surface area contributed by atoms with E-state index in [0.717, 1.165) is 31.2 Å². The van der Waals surface area contributed by atoms with E-state index in [1.807, 2.05) is 17.0 Å². The van der Waals surface area contributed by atoms with Crippen LogP contribution in [-0.4, -0.2) is 27.0 Å². The van der Waals surface area contributed by atoms with E-state index in [2.05, 4.69) is 10.2 Å². The summed E-state index contributed by atoms with van der Waals surface area (Å²) in [5.74, 6) is 0.759. The van der Waals surface area contributed by atoms with Crippen molar-refractivity contribution in [3.05, 3.63) is 59.3 Å². The zero-order valence-electron chi connectivity index (χ0n) is 14.1. The van der Waals surface area contributed by atoms with Crippen LogP contribution in [0.3, 0.4) is 0 Å². The van der Waals surface area contributed by atoms with Gasteiger partial charge in [0.2, 0.25) is 11.8 Å². The number of hydrogen-bond donors (Lipinski definition) is 0. The molecule has 0 bridgehead atoms. The Kier molecular flexibility index (Phi) is 4.75. The van der Waals surface area contributed by atoms with Gasteiger partial charge in [-0.15, -0.1) is 10.2 Å². The third-order valence-corrected chi connectivity index (χ3v) is 4.91. The first-order chi connectivity index (χ1) is 12.7. The Labute approximate surface area is 155 Å². The minimum Gasteiger partial charge on any atom is -0.472 e. The summed E-state index contributed by atoms with van der Waals surface area (Å²) in [7, 11) is 0. The highest BCUT2D eigenvalue weighted by molar-refractivity contribution is 6.30. The largest absolute Gasteiger partial charge is 0.472 e. The lowest BCUT2D eigenvalue weighted by atomic mass is 10.1. The van der Waals surface area contributed by atoms with E-state index in [0.29, 0.717) is 22.4 Å². The molecule has 1 fully saturated rings. The summed E-state index contributed by atoms with van der Waals surface area (Å²) in [6.45, 7) is 0.287. The highest BCUT2D eigenvalue weighted by Gasteiger charge is 2.29. The van der Waals surface area contributed by atoms with Crippen LogP contribution in [0.15, 0.2) is 51.7 Å². The molecule has 0 saturated heterocycles. The third kappa shape index (κ3) is 3.51. The molecule has 1 amide bonds. The minimum absolute atomic E-state index is 0.0723. The van der Waals surface area contributed by atoms with E-state index in [4.69, 9.17) is 20.4 Å². The Hall–Kier alpha value is -2.60. The van der Waals surface area contributed by atoms with Crippen molar-refractivity contribution >= 4 is 17.5 Å². The molecule has 1 aliphatic carbocycles. The van der Waals surface area contributed by atoms with Crippen LogP contribution < -0.4 is 0 Å². The fraction of sp³-hybridized carbons (Fsp3) is 0.316. The van der Waals surface area contributed by atoms with E-state index in [9.17, 15) is 4.79 Å². The topological polar surface area (TPSA) is 72.4 Å². The summed E-state index contributed by atoms with van der Waals surface area (Å²) in [6, 6.07) is 9.05. The van der Waals surface area contributed by atoms with Gasteiger partial charge in [-0.3, -0.25) is 4.79 Å². The van der Waals surface area contributed by atoms with Crippen molar-refractivity contribution in [2.75, 3.05) is 0 Å². The van der Waals surface area contributed by atoms with Crippen LogP contribution in [0.25, 0.3) is 11.5 Å². The van der Waals surface area contributed by atoms with Gasteiger partial charge in [0.25, 0.3) is 5.91 Å². The maximum absolute atomic E-state index is 12.9. The van der Waals surface area contributed by atoms with Crippen molar-refractivity contribution in [2.45, 2.75) is 38.3 Å². The van der Waals surface area contributed by atoms with Crippen molar-refractivity contribution in [1.29, 1.82) is 0 Å². The molecule has 1 aromatic carbocycles. The molecule has 134 valence electrons. The van der Waals surface area contributed by atoms with Crippen molar-refractivity contribution in [1.82, 2.24) is 15.1 Å². The van der Waals surface area contributed by atoms with Crippen molar-refractivity contribution in [2.24, 2.45) is 0 Å². The Bertz CT molecular complexity index is 868. The monoisotopic (exact) mass is 371 g/mol. The van der Waals surface area contributed by atoms with E-state index in [1.165, 1.54) is 12.5 Å². The highest BCUT2D eigenvalue weighted by atomic mass is 35.5. The molecule has 2 heterocycles. The van der Waals surface area contributed by atoms with Crippen LogP contribution in [0.1, 0.15) is 41.9 Å². The molecule has 0 N–H and O–H groups in total. The molecule has 4 rings (SSSR count). The van der Waals surface area contributed by atoms with Gasteiger partial charge in [0.1, 0.15) is 6.26 Å². The number of nitrogens with zero attached hydrogens (tertiary/aromatic N) is 3. The Balaban J connectivity index is 1.56. The van der Waals surface area contributed by atoms with Crippen LogP contribution >= 0.6 is 11.6 Å². The summed E-state index contributed by atoms with van der Waals surface area (Å²) in [6.07, 6.45) is 7.20. The zero-order valence-corrected chi connectivity index (χ0v) is 14.9. The molecule has 6 nitrogen and oxygen atoms in total. The molecular formula is C19H18ClN3O3. The second kappa shape index (κ2) is 7.33. The second-order valence-corrected chi connectivity index (χ2v) is 6.83. The maximum Gasteiger partial charge on any atom is 0.257 e. The summed E-state index contributed by atoms with van der Waals surface area (Å²) in [4.78, 5) is 14.7. The van der Waals surface area contributed by atoms with E-state index in [-0.39, 0.29) is 18.5 Å². The molecule has 26 heavy (non-hydrogen) atoms. The average Bonchev–Trinajstić information content (AvgIpc) is 3.42. The molecule has 7 heteroatoms. The first-order valence-electron chi connectivity index (χ1n) is 8.62. The number of benzene rings is 1. The van der Waals surface area contributed by atoms with Crippen LogP contribution in [0.4, 0.5) is 0 Å². The van der Waals surface area contributed by atoms with E-state index < -0.39 is 0 Å². The predicted octanol–water partition coefficient (Wildman–Crippen LogP) is 4.57. The van der Waals surface area contributed by atoms with Gasteiger partial charge >= 0.3 is 0 Å². The first-order valence-corrected chi connectivity index (χ1v) is 9.00. The first kappa shape index (κ1) is 16.8. The molecule has 3 aromatic rings. The van der Waals surface area contributed by atoms with E-state index in [1.54, 1.807) is 18.2 Å². The van der Waals surface area contributed by atoms with Crippen LogP contribution in [-0.2, 0) is 6.54 Å². The predicted molar refractivity (Wildman–Crippen MR) is 95.6 cm³/mol. The minimum atomic E-state index is -0.0723. The second-order valence-electron chi connectivity index (χ2n) is 6.39. The molecule has 0 spiro atoms. The molecule has 1 aliphatic rings. The van der Waals surface area contributed by atoms with Gasteiger partial charge in [-0.05, 0) is 43.2 Å². The lowest BCUT2D eigenvalue weighted by Crippen LogP contribution is -2.38. The maximum atomic E-state index is 12.9. The van der Waals surface area contributed by atoms with Crippen molar-refractivity contribution in [3.8, 4) is 11.5 Å². The molecule has 1 saturated carbocycles. The molecule has 0 radical (unpaired) electrons. The normalized spacial score (nSPS) is 14.7. The molecule has 2 aromatic heterocycles. The van der Waals surface area contributed by atoms with E-state index >= 15 is 0 Å². The molecular weight excluding hydrogens is 354 g/mol. The lowest BCUT2D eigenvalue weighted by molar-refractivity contribution is 0.0644. The number of hydrogen-bond acceptors (Lipinski definition) is 5. The fourth-order valence-electron chi connectivity index (χ4n) is 3.31. The summed E-state index contributed by atoms with van der Waals surface area (Å²) >= 11 is 5.91. The van der Waals surface area contributed by atoms with Crippen molar-refractivity contribution in [3.63, 3.8) is 0 Å². The number of carbonyl (C=O) groups excluding carboxylic acids is 1. The number of rotatable bonds is 5. The molecule has 0 aliphatic heterocycles. The smallest absolute Gasteiger partial charge is 0.257 e. The van der Waals surface area contributed by atoms with Gasteiger partial charge in [0.15, 0.2) is 0 Å². The van der Waals surface area contributed by atoms with Gasteiger partial charge < -0.3 is 13.7 Å². The summed E-state index contributed by atoms with van der Waals surface area (Å²) in [5.41, 5.74) is 1.33. The number of aromatic nitrogens is 2. The SMILES string of the molecule is O=C(c1ccoc1)N(Cc1nnc(-c2ccc(Cl)cc2)o1)C1CCCC1. The highest BCUT2D eigenvalue weighted by Crippen LogP contribution is 2.27. The van der Waals surface area contributed by atoms with Crippen molar-refractivity contribution < 1.29 is 13.6 Å². The number of amides is 1. The molecule has 0 atom stereocenters. The number of carbonyl (C=O) groups is 1. The Morgan fingerprint density at radius 2 is 1.92 bits per heavy atom. The van der Waals surface area contributed by atoms with Gasteiger partial charge in [-0.2, -0.15) is 0 Å². The van der Waals surface area contributed by atoms with Gasteiger partial charge in [-0.25, -0.2) is 0 Å². The summed E-state index contributed by atoms with van der Waals surface area (Å²) < 4.78 is 10.8. The Morgan fingerprint density at radius 3 is 2.62 bits per heavy atom. The summed E-state index contributed by atoms with van der Waals surface area (Å²) in [5, 5.41) is 8.87. The fourth-order valence-corrected chi connectivity index (χ4v) is 3.43. The number of halogens is 1.